The van der Waals surface area contributed by atoms with Crippen molar-refractivity contribution in [3.8, 4) is 0 Å². The molecule has 3 fully saturated rings. The Kier molecular flexibility index (Phi) is 6.43. The quantitative estimate of drug-likeness (QED) is 0.606. The maximum Gasteiger partial charge on any atom is 0.407 e. The van der Waals surface area contributed by atoms with E-state index < -0.39 is 6.10 Å². The van der Waals surface area contributed by atoms with Gasteiger partial charge in [-0.3, -0.25) is 0 Å². The number of fused-ring (bicyclic) bond motifs is 2. The predicted octanol–water partition coefficient (Wildman–Crippen LogP) is 3.72. The molecular weight excluding hydrogens is 426 g/mol. The fraction of sp³-hybridized carbons (Fsp3) is 0.500. The average molecular weight is 456 g/mol. The smallest absolute Gasteiger partial charge is 0.407 e. The van der Waals surface area contributed by atoms with Gasteiger partial charge in [0.2, 0.25) is 0 Å². The van der Waals surface area contributed by atoms with E-state index in [1.165, 1.54) is 6.42 Å². The fourth-order valence-electron chi connectivity index (χ4n) is 4.94. The Morgan fingerprint density at radius 3 is 2.59 bits per heavy atom. The van der Waals surface area contributed by atoms with E-state index in [9.17, 15) is 4.79 Å². The summed E-state index contributed by atoms with van der Waals surface area (Å²) >= 11 is 5.56. The first-order valence-corrected chi connectivity index (χ1v) is 11.8. The van der Waals surface area contributed by atoms with Gasteiger partial charge in [0.1, 0.15) is 12.2 Å². The number of hydrogen-bond acceptors (Lipinski definition) is 5. The van der Waals surface area contributed by atoms with Crippen LogP contribution in [0.25, 0.3) is 10.8 Å². The highest BCUT2D eigenvalue weighted by Crippen LogP contribution is 2.30. The van der Waals surface area contributed by atoms with Gasteiger partial charge in [-0.2, -0.15) is 0 Å². The van der Waals surface area contributed by atoms with Gasteiger partial charge in [0.25, 0.3) is 0 Å². The van der Waals surface area contributed by atoms with Gasteiger partial charge in [-0.15, -0.1) is 0 Å². The Hall–Kier alpha value is -2.42. The van der Waals surface area contributed by atoms with Gasteiger partial charge in [0.15, 0.2) is 11.2 Å². The standard InChI is InChI=1S/C24H29N3O4S/c28-24(25-16-9-2-1-3-10-16)31-20-14-30-21-19(13-29-22(20)21)27-23(32)26-18-12-6-8-15-7-4-5-11-17(15)18/h4-8,11-12,16,19-22H,1-3,9-10,13-14H2,(H,25,28)(H2,26,27,32). The van der Waals surface area contributed by atoms with Crippen LogP contribution in [0.2, 0.25) is 0 Å². The number of hydrogen-bond donors (Lipinski definition) is 3. The van der Waals surface area contributed by atoms with Crippen LogP contribution < -0.4 is 16.0 Å². The SMILES string of the molecule is O=C(NC1CCCCC1)OC1COC2C(NC(=S)Nc3cccc4ccccc34)COC12. The van der Waals surface area contributed by atoms with Crippen LogP contribution in [-0.2, 0) is 14.2 Å². The molecule has 1 amide bonds. The van der Waals surface area contributed by atoms with Crippen molar-refractivity contribution >= 4 is 39.9 Å². The van der Waals surface area contributed by atoms with Crippen molar-refractivity contribution in [2.45, 2.75) is 62.5 Å². The van der Waals surface area contributed by atoms with E-state index in [0.29, 0.717) is 18.3 Å². The molecule has 1 aliphatic carbocycles. The Morgan fingerprint density at radius 2 is 1.72 bits per heavy atom. The molecule has 7 nitrogen and oxygen atoms in total. The van der Waals surface area contributed by atoms with Crippen LogP contribution in [0.3, 0.4) is 0 Å². The van der Waals surface area contributed by atoms with Gasteiger partial charge >= 0.3 is 6.09 Å². The zero-order valence-electron chi connectivity index (χ0n) is 17.9. The second kappa shape index (κ2) is 9.60. The van der Waals surface area contributed by atoms with Crippen LogP contribution in [0.4, 0.5) is 10.5 Å². The number of alkyl carbamates (subject to hydrolysis) is 1. The van der Waals surface area contributed by atoms with E-state index >= 15 is 0 Å². The normalized spacial score (nSPS) is 27.6. The molecule has 2 aliphatic heterocycles. The molecule has 2 heterocycles. The lowest BCUT2D eigenvalue weighted by Gasteiger charge is -2.24. The van der Waals surface area contributed by atoms with Gasteiger partial charge in [-0.1, -0.05) is 55.7 Å². The largest absolute Gasteiger partial charge is 0.441 e. The molecule has 0 radical (unpaired) electrons. The minimum Gasteiger partial charge on any atom is -0.441 e. The van der Waals surface area contributed by atoms with Gasteiger partial charge in [0.05, 0.1) is 19.3 Å². The summed E-state index contributed by atoms with van der Waals surface area (Å²) in [7, 11) is 0. The summed E-state index contributed by atoms with van der Waals surface area (Å²) in [5.74, 6) is 0. The lowest BCUT2D eigenvalue weighted by Crippen LogP contribution is -2.46. The van der Waals surface area contributed by atoms with E-state index in [1.54, 1.807) is 0 Å². The molecule has 8 heteroatoms. The monoisotopic (exact) mass is 455 g/mol. The Morgan fingerprint density at radius 1 is 0.938 bits per heavy atom. The highest BCUT2D eigenvalue weighted by Gasteiger charge is 2.49. The molecule has 0 bridgehead atoms. The summed E-state index contributed by atoms with van der Waals surface area (Å²) in [4.78, 5) is 12.3. The predicted molar refractivity (Wildman–Crippen MR) is 127 cm³/mol. The zero-order chi connectivity index (χ0) is 21.9. The van der Waals surface area contributed by atoms with Crippen LogP contribution in [0.1, 0.15) is 32.1 Å². The summed E-state index contributed by atoms with van der Waals surface area (Å²) in [6, 6.07) is 14.4. The van der Waals surface area contributed by atoms with Gasteiger partial charge < -0.3 is 30.2 Å². The molecule has 1 saturated carbocycles. The first kappa shape index (κ1) is 21.4. The summed E-state index contributed by atoms with van der Waals surface area (Å²) in [6.07, 6.45) is 4.32. The second-order valence-corrected chi connectivity index (χ2v) is 9.16. The van der Waals surface area contributed by atoms with Gasteiger partial charge in [-0.25, -0.2) is 4.79 Å². The highest BCUT2D eigenvalue weighted by atomic mass is 32.1. The first-order valence-electron chi connectivity index (χ1n) is 11.4. The number of benzene rings is 2. The molecule has 2 aromatic rings. The van der Waals surface area contributed by atoms with Crippen molar-refractivity contribution in [2.75, 3.05) is 18.5 Å². The van der Waals surface area contributed by atoms with E-state index in [2.05, 4.69) is 34.1 Å². The second-order valence-electron chi connectivity index (χ2n) is 8.75. The molecule has 0 spiro atoms. The first-order chi connectivity index (χ1) is 15.7. The molecule has 5 rings (SSSR count). The number of rotatable bonds is 4. The summed E-state index contributed by atoms with van der Waals surface area (Å²) in [5, 5.41) is 12.4. The van der Waals surface area contributed by atoms with Crippen LogP contribution >= 0.6 is 12.2 Å². The van der Waals surface area contributed by atoms with Gasteiger partial charge in [-0.05, 0) is 36.5 Å². The number of carbonyl (C=O) groups is 1. The van der Waals surface area contributed by atoms with Crippen LogP contribution in [0, 0.1) is 0 Å². The molecule has 2 saturated heterocycles. The minimum atomic E-state index is -0.407. The highest BCUT2D eigenvalue weighted by molar-refractivity contribution is 7.80. The number of amides is 1. The molecule has 3 aliphatic rings. The van der Waals surface area contributed by atoms with Crippen LogP contribution in [0.15, 0.2) is 42.5 Å². The van der Waals surface area contributed by atoms with Crippen molar-refractivity contribution in [2.24, 2.45) is 0 Å². The summed E-state index contributed by atoms with van der Waals surface area (Å²) in [5.41, 5.74) is 0.948. The van der Waals surface area contributed by atoms with Crippen molar-refractivity contribution in [1.29, 1.82) is 0 Å². The third-order valence-electron chi connectivity index (χ3n) is 6.55. The van der Waals surface area contributed by atoms with Crippen molar-refractivity contribution in [3.05, 3.63) is 42.5 Å². The molecule has 0 aromatic heterocycles. The molecule has 170 valence electrons. The number of ether oxygens (including phenoxy) is 3. The molecular formula is C24H29N3O4S. The molecule has 32 heavy (non-hydrogen) atoms. The minimum absolute atomic E-state index is 0.106. The molecule has 2 aromatic carbocycles. The number of anilines is 1. The Labute approximate surface area is 193 Å². The average Bonchev–Trinajstić information content (AvgIpc) is 3.38. The van der Waals surface area contributed by atoms with Crippen molar-refractivity contribution in [3.63, 3.8) is 0 Å². The Balaban J connectivity index is 1.14. The number of carbonyl (C=O) groups excluding carboxylic acids is 1. The molecule has 4 unspecified atom stereocenters. The van der Waals surface area contributed by atoms with Crippen molar-refractivity contribution in [1.82, 2.24) is 10.6 Å². The Bertz CT molecular complexity index is 975. The third-order valence-corrected chi connectivity index (χ3v) is 6.77. The fourth-order valence-corrected chi connectivity index (χ4v) is 5.20. The zero-order valence-corrected chi connectivity index (χ0v) is 18.7. The lowest BCUT2D eigenvalue weighted by molar-refractivity contribution is 0.00277. The van der Waals surface area contributed by atoms with E-state index in [1.807, 2.05) is 24.3 Å². The third kappa shape index (κ3) is 4.67. The van der Waals surface area contributed by atoms with E-state index in [0.717, 1.165) is 42.1 Å². The maximum absolute atomic E-state index is 12.3. The van der Waals surface area contributed by atoms with Crippen LogP contribution in [0.5, 0.6) is 0 Å². The number of thiocarbonyl (C=S) groups is 1. The van der Waals surface area contributed by atoms with Crippen molar-refractivity contribution < 1.29 is 19.0 Å². The van der Waals surface area contributed by atoms with E-state index in [4.69, 9.17) is 26.4 Å². The number of nitrogens with one attached hydrogen (secondary N) is 3. The maximum atomic E-state index is 12.3. The van der Waals surface area contributed by atoms with E-state index in [-0.39, 0.29) is 30.4 Å². The van der Waals surface area contributed by atoms with Crippen LogP contribution in [-0.4, -0.2) is 54.8 Å². The molecule has 4 atom stereocenters. The topological polar surface area (TPSA) is 80.9 Å². The summed E-state index contributed by atoms with van der Waals surface area (Å²) < 4.78 is 17.5. The lowest BCUT2D eigenvalue weighted by atomic mass is 9.96. The molecule has 3 N–H and O–H groups in total. The van der Waals surface area contributed by atoms with Gasteiger partial charge in [0, 0.05) is 17.1 Å². The summed E-state index contributed by atoms with van der Waals surface area (Å²) in [6.45, 7) is 0.770.